The lowest BCUT2D eigenvalue weighted by molar-refractivity contribution is -0.142. The third-order valence-corrected chi connectivity index (χ3v) is 6.21. The number of nitrogens with two attached hydrogens (primary N) is 1. The molecule has 1 fully saturated rings. The van der Waals surface area contributed by atoms with Crippen molar-refractivity contribution >= 4 is 17.3 Å². The van der Waals surface area contributed by atoms with E-state index >= 15 is 0 Å². The highest BCUT2D eigenvalue weighted by molar-refractivity contribution is 5.85. The van der Waals surface area contributed by atoms with Crippen LogP contribution < -0.4 is 10.5 Å². The minimum Gasteiger partial charge on any atom is -0.481 e. The lowest BCUT2D eigenvalue weighted by Gasteiger charge is -2.25. The van der Waals surface area contributed by atoms with Gasteiger partial charge in [-0.1, -0.05) is 6.07 Å². The number of hydrogen-bond acceptors (Lipinski definition) is 5. The van der Waals surface area contributed by atoms with E-state index in [-0.39, 0.29) is 17.7 Å². The molecule has 2 aromatic heterocycles. The van der Waals surface area contributed by atoms with Gasteiger partial charge in [-0.15, -0.1) is 0 Å². The Labute approximate surface area is 189 Å². The molecule has 1 aliphatic rings. The molecule has 0 aliphatic heterocycles. The number of carboxylic acids is 1. The van der Waals surface area contributed by atoms with Gasteiger partial charge in [-0.3, -0.25) is 9.20 Å². The Bertz CT molecular complexity index is 1310. The monoisotopic (exact) mass is 446 g/mol. The Balaban J connectivity index is 1.46. The van der Waals surface area contributed by atoms with Crippen LogP contribution in [0, 0.1) is 11.7 Å². The van der Waals surface area contributed by atoms with Gasteiger partial charge in [-0.2, -0.15) is 0 Å². The molecule has 1 aliphatic carbocycles. The number of ether oxygens (including phenoxy) is 1. The van der Waals surface area contributed by atoms with Crippen molar-refractivity contribution < 1.29 is 19.0 Å². The second-order valence-electron chi connectivity index (χ2n) is 8.32. The number of imidazole rings is 1. The normalized spacial score (nSPS) is 18.3. The molecule has 2 aromatic carbocycles. The molecule has 5 rings (SSSR count). The van der Waals surface area contributed by atoms with Crippen LogP contribution in [-0.4, -0.2) is 25.4 Å². The first kappa shape index (κ1) is 20.9. The van der Waals surface area contributed by atoms with Gasteiger partial charge in [0.25, 0.3) is 0 Å². The molecule has 7 nitrogen and oxygen atoms in total. The lowest BCUT2D eigenvalue weighted by Crippen LogP contribution is -2.21. The first-order chi connectivity index (χ1) is 16.0. The van der Waals surface area contributed by atoms with Gasteiger partial charge >= 0.3 is 5.97 Å². The number of rotatable bonds is 5. The molecule has 2 heterocycles. The number of anilines is 1. The smallest absolute Gasteiger partial charge is 0.306 e. The highest BCUT2D eigenvalue weighted by Gasteiger charge is 2.30. The second kappa shape index (κ2) is 8.54. The number of halogens is 1. The summed E-state index contributed by atoms with van der Waals surface area (Å²) in [6.45, 7) is 0. The third-order valence-electron chi connectivity index (χ3n) is 6.21. The summed E-state index contributed by atoms with van der Waals surface area (Å²) in [6.07, 6.45) is 6.29. The zero-order chi connectivity index (χ0) is 22.9. The SMILES string of the molecule is Nc1nccn2c1c(-c1ccc(Oc3cccc(F)c3)cc1)nc2[C@H]1CC[C@H](C(=O)O)CC1. The molecule has 1 saturated carbocycles. The fourth-order valence-electron chi connectivity index (χ4n) is 4.52. The Morgan fingerprint density at radius 3 is 2.55 bits per heavy atom. The second-order valence-corrected chi connectivity index (χ2v) is 8.32. The van der Waals surface area contributed by atoms with Crippen LogP contribution in [0.3, 0.4) is 0 Å². The molecular formula is C25H23FN4O3. The van der Waals surface area contributed by atoms with Gasteiger partial charge in [0.15, 0.2) is 0 Å². The lowest BCUT2D eigenvalue weighted by atomic mass is 9.81. The molecule has 4 aromatic rings. The maximum atomic E-state index is 13.4. The molecule has 8 heteroatoms. The van der Waals surface area contributed by atoms with E-state index in [1.54, 1.807) is 30.5 Å². The van der Waals surface area contributed by atoms with Gasteiger partial charge in [0, 0.05) is 29.9 Å². The van der Waals surface area contributed by atoms with Crippen LogP contribution in [0.25, 0.3) is 16.8 Å². The summed E-state index contributed by atoms with van der Waals surface area (Å²) in [5.41, 5.74) is 8.53. The van der Waals surface area contributed by atoms with E-state index in [0.29, 0.717) is 35.9 Å². The number of carboxylic acid groups (broad SMARTS) is 1. The maximum Gasteiger partial charge on any atom is 0.306 e. The Morgan fingerprint density at radius 1 is 1.09 bits per heavy atom. The van der Waals surface area contributed by atoms with Crippen molar-refractivity contribution in [3.05, 3.63) is 72.6 Å². The van der Waals surface area contributed by atoms with Crippen LogP contribution in [0.4, 0.5) is 10.2 Å². The topological polar surface area (TPSA) is 103 Å². The highest BCUT2D eigenvalue weighted by atomic mass is 19.1. The van der Waals surface area contributed by atoms with E-state index in [9.17, 15) is 14.3 Å². The Hall–Kier alpha value is -3.94. The fourth-order valence-corrected chi connectivity index (χ4v) is 4.52. The third kappa shape index (κ3) is 4.11. The summed E-state index contributed by atoms with van der Waals surface area (Å²) >= 11 is 0. The van der Waals surface area contributed by atoms with Crippen LogP contribution in [0.5, 0.6) is 11.5 Å². The molecule has 33 heavy (non-hydrogen) atoms. The van der Waals surface area contributed by atoms with Crippen molar-refractivity contribution in [3.63, 3.8) is 0 Å². The summed E-state index contributed by atoms with van der Waals surface area (Å²) < 4.78 is 21.1. The van der Waals surface area contributed by atoms with Crippen molar-refractivity contribution in [1.82, 2.24) is 14.4 Å². The van der Waals surface area contributed by atoms with Gasteiger partial charge in [0.1, 0.15) is 40.2 Å². The average Bonchev–Trinajstić information content (AvgIpc) is 3.21. The van der Waals surface area contributed by atoms with Crippen molar-refractivity contribution in [2.45, 2.75) is 31.6 Å². The molecule has 0 atom stereocenters. The zero-order valence-electron chi connectivity index (χ0n) is 17.8. The number of hydrogen-bond donors (Lipinski definition) is 2. The quantitative estimate of drug-likeness (QED) is 0.433. The molecule has 3 N–H and O–H groups in total. The van der Waals surface area contributed by atoms with E-state index in [4.69, 9.17) is 15.5 Å². The standard InChI is InChI=1S/C25H23FN4O3/c26-18-2-1-3-20(14-18)33-19-10-8-15(9-11-19)21-22-23(27)28-12-13-30(22)24(29-21)16-4-6-17(7-5-16)25(31)32/h1-3,8-14,16-17H,4-7H2,(H2,27,28)(H,31,32)/t16-,17-. The number of fused-ring (bicyclic) bond motifs is 1. The first-order valence-corrected chi connectivity index (χ1v) is 10.9. The van der Waals surface area contributed by atoms with Gasteiger partial charge < -0.3 is 15.6 Å². The first-order valence-electron chi connectivity index (χ1n) is 10.9. The van der Waals surface area contributed by atoms with Crippen LogP contribution in [0.15, 0.2) is 60.9 Å². The molecule has 0 amide bonds. The van der Waals surface area contributed by atoms with Crippen molar-refractivity contribution in [2.24, 2.45) is 5.92 Å². The summed E-state index contributed by atoms with van der Waals surface area (Å²) in [5.74, 6) is 1.03. The minimum absolute atomic E-state index is 0.152. The zero-order valence-corrected chi connectivity index (χ0v) is 17.8. The number of aromatic nitrogens is 3. The predicted molar refractivity (Wildman–Crippen MR) is 122 cm³/mol. The van der Waals surface area contributed by atoms with Crippen LogP contribution >= 0.6 is 0 Å². The van der Waals surface area contributed by atoms with E-state index in [1.165, 1.54) is 12.1 Å². The van der Waals surface area contributed by atoms with Gasteiger partial charge in [-0.25, -0.2) is 14.4 Å². The van der Waals surface area contributed by atoms with E-state index in [0.717, 1.165) is 29.7 Å². The summed E-state index contributed by atoms with van der Waals surface area (Å²) in [4.78, 5) is 20.5. The maximum absolute atomic E-state index is 13.4. The molecule has 0 unspecified atom stereocenters. The Morgan fingerprint density at radius 2 is 1.85 bits per heavy atom. The molecule has 0 spiro atoms. The number of nitrogens with zero attached hydrogens (tertiary/aromatic N) is 3. The summed E-state index contributed by atoms with van der Waals surface area (Å²) in [6, 6.07) is 13.3. The van der Waals surface area contributed by atoms with Gasteiger partial charge in [-0.05, 0) is 62.1 Å². The van der Waals surface area contributed by atoms with Crippen molar-refractivity contribution in [3.8, 4) is 22.8 Å². The van der Waals surface area contributed by atoms with Crippen molar-refractivity contribution in [1.29, 1.82) is 0 Å². The van der Waals surface area contributed by atoms with Gasteiger partial charge in [0.05, 0.1) is 5.92 Å². The average molecular weight is 446 g/mol. The van der Waals surface area contributed by atoms with Crippen LogP contribution in [0.1, 0.15) is 37.4 Å². The molecule has 0 saturated heterocycles. The number of benzene rings is 2. The minimum atomic E-state index is -0.726. The number of carbonyl (C=O) groups is 1. The summed E-state index contributed by atoms with van der Waals surface area (Å²) in [7, 11) is 0. The fraction of sp³-hybridized carbons (Fsp3) is 0.240. The van der Waals surface area contributed by atoms with Crippen LogP contribution in [0.2, 0.25) is 0 Å². The van der Waals surface area contributed by atoms with E-state index in [1.807, 2.05) is 22.7 Å². The molecule has 0 bridgehead atoms. The molecular weight excluding hydrogens is 423 g/mol. The number of nitrogen functional groups attached to an aromatic ring is 1. The van der Waals surface area contributed by atoms with E-state index < -0.39 is 5.97 Å². The summed E-state index contributed by atoms with van der Waals surface area (Å²) in [5, 5.41) is 9.31. The molecule has 0 radical (unpaired) electrons. The van der Waals surface area contributed by atoms with E-state index in [2.05, 4.69) is 4.98 Å². The highest BCUT2D eigenvalue weighted by Crippen LogP contribution is 2.39. The van der Waals surface area contributed by atoms with Crippen molar-refractivity contribution in [2.75, 3.05) is 5.73 Å². The number of aliphatic carboxylic acids is 1. The van der Waals surface area contributed by atoms with Crippen LogP contribution in [-0.2, 0) is 4.79 Å². The Kier molecular flexibility index (Phi) is 5.42. The largest absolute Gasteiger partial charge is 0.481 e. The molecule has 168 valence electrons. The van der Waals surface area contributed by atoms with Gasteiger partial charge in [0.2, 0.25) is 0 Å². The predicted octanol–water partition coefficient (Wildman–Crippen LogP) is 5.27.